The summed E-state index contributed by atoms with van der Waals surface area (Å²) in [5.74, 6) is 0. The number of nitrogens with two attached hydrogens (primary N) is 1. The van der Waals surface area contributed by atoms with Crippen LogP contribution < -0.4 is 5.73 Å². The number of hydrogen-bond donors (Lipinski definition) is 1. The summed E-state index contributed by atoms with van der Waals surface area (Å²) in [5, 5.41) is 1.57. The predicted molar refractivity (Wildman–Crippen MR) is 87.7 cm³/mol. The van der Waals surface area contributed by atoms with Gasteiger partial charge in [0.15, 0.2) is 0 Å². The van der Waals surface area contributed by atoms with Gasteiger partial charge in [-0.15, -0.1) is 0 Å². The minimum absolute atomic E-state index is 0.359. The largest absolute Gasteiger partial charge is 0.399 e. The van der Waals surface area contributed by atoms with Gasteiger partial charge in [-0.1, -0.05) is 38.5 Å². The molecular formula is C16H22N2O2S. The van der Waals surface area contributed by atoms with Crippen molar-refractivity contribution in [2.24, 2.45) is 0 Å². The van der Waals surface area contributed by atoms with Gasteiger partial charge in [0, 0.05) is 24.2 Å². The molecule has 0 aliphatic rings. The first-order chi connectivity index (χ1) is 10.0. The Hall–Kier alpha value is -1.59. The van der Waals surface area contributed by atoms with Gasteiger partial charge in [0.05, 0.1) is 4.90 Å². The van der Waals surface area contributed by atoms with Crippen molar-refractivity contribution in [3.63, 3.8) is 0 Å². The van der Waals surface area contributed by atoms with Gasteiger partial charge >= 0.3 is 0 Å². The number of rotatable bonds is 6. The molecule has 2 aromatic carbocycles. The zero-order chi connectivity index (χ0) is 15.5. The van der Waals surface area contributed by atoms with E-state index in [9.17, 15) is 8.42 Å². The number of nitrogen functional groups attached to an aromatic ring is 1. The van der Waals surface area contributed by atoms with Crippen LogP contribution in [0, 0.1) is 0 Å². The van der Waals surface area contributed by atoms with E-state index in [1.165, 1.54) is 0 Å². The molecule has 0 aromatic heterocycles. The summed E-state index contributed by atoms with van der Waals surface area (Å²) in [7, 11) is -3.47. The number of hydrogen-bond acceptors (Lipinski definition) is 3. The number of anilines is 1. The number of fused-ring (bicyclic) bond motifs is 1. The molecule has 4 nitrogen and oxygen atoms in total. The van der Waals surface area contributed by atoms with Crippen molar-refractivity contribution in [3.8, 4) is 0 Å². The van der Waals surface area contributed by atoms with Crippen molar-refractivity contribution < 1.29 is 8.42 Å². The summed E-state index contributed by atoms with van der Waals surface area (Å²) in [6.07, 6.45) is 1.84. The maximum absolute atomic E-state index is 12.9. The SMILES string of the molecule is CCCCN(CC)S(=O)(=O)c1cccc2cc(N)ccc12. The van der Waals surface area contributed by atoms with Crippen molar-refractivity contribution in [1.82, 2.24) is 4.31 Å². The van der Waals surface area contributed by atoms with Crippen molar-refractivity contribution in [2.45, 2.75) is 31.6 Å². The zero-order valence-corrected chi connectivity index (χ0v) is 13.4. The standard InChI is InChI=1S/C16H22N2O2S/c1-3-5-11-18(4-2)21(19,20)16-8-6-7-13-12-14(17)9-10-15(13)16/h6-10,12H,3-5,11,17H2,1-2H3. The smallest absolute Gasteiger partial charge is 0.243 e. The summed E-state index contributed by atoms with van der Waals surface area (Å²) in [6.45, 7) is 4.96. The lowest BCUT2D eigenvalue weighted by Gasteiger charge is -2.21. The Morgan fingerprint density at radius 2 is 1.90 bits per heavy atom. The molecular weight excluding hydrogens is 284 g/mol. The van der Waals surface area contributed by atoms with E-state index in [4.69, 9.17) is 5.73 Å². The normalized spacial score (nSPS) is 12.1. The second-order valence-corrected chi connectivity index (χ2v) is 6.99. The molecule has 0 saturated carbocycles. The van der Waals surface area contributed by atoms with Gasteiger partial charge in [0.25, 0.3) is 0 Å². The van der Waals surface area contributed by atoms with Crippen LogP contribution >= 0.6 is 0 Å². The Morgan fingerprint density at radius 1 is 1.14 bits per heavy atom. The molecule has 0 saturated heterocycles. The average Bonchev–Trinajstić information content (AvgIpc) is 2.46. The lowest BCUT2D eigenvalue weighted by Crippen LogP contribution is -2.32. The average molecular weight is 306 g/mol. The molecule has 21 heavy (non-hydrogen) atoms. The molecule has 0 radical (unpaired) electrons. The molecule has 0 atom stereocenters. The van der Waals surface area contributed by atoms with Crippen LogP contribution in [0.5, 0.6) is 0 Å². The Bertz CT molecular complexity index is 726. The van der Waals surface area contributed by atoms with E-state index >= 15 is 0 Å². The molecule has 0 spiro atoms. The Morgan fingerprint density at radius 3 is 2.57 bits per heavy atom. The van der Waals surface area contributed by atoms with Crippen molar-refractivity contribution >= 4 is 26.5 Å². The lowest BCUT2D eigenvalue weighted by atomic mass is 10.1. The van der Waals surface area contributed by atoms with Crippen molar-refractivity contribution in [1.29, 1.82) is 0 Å². The Labute approximate surface area is 126 Å². The third kappa shape index (κ3) is 3.19. The summed E-state index contributed by atoms with van der Waals surface area (Å²) >= 11 is 0. The molecule has 2 rings (SSSR count). The van der Waals surface area contributed by atoms with E-state index in [2.05, 4.69) is 6.92 Å². The highest BCUT2D eigenvalue weighted by molar-refractivity contribution is 7.89. The summed E-state index contributed by atoms with van der Waals surface area (Å²) in [6, 6.07) is 10.6. The minimum Gasteiger partial charge on any atom is -0.399 e. The second-order valence-electron chi connectivity index (χ2n) is 5.09. The Balaban J connectivity index is 2.53. The topological polar surface area (TPSA) is 63.4 Å². The van der Waals surface area contributed by atoms with Crippen LogP contribution in [0.15, 0.2) is 41.3 Å². The molecule has 0 aliphatic heterocycles. The fraction of sp³-hybridized carbons (Fsp3) is 0.375. The quantitative estimate of drug-likeness (QED) is 0.833. The van der Waals surface area contributed by atoms with Gasteiger partial charge in [-0.05, 0) is 30.0 Å². The fourth-order valence-corrected chi connectivity index (χ4v) is 4.12. The van der Waals surface area contributed by atoms with Crippen molar-refractivity contribution in [3.05, 3.63) is 36.4 Å². The summed E-state index contributed by atoms with van der Waals surface area (Å²) < 4.78 is 27.3. The van der Waals surface area contributed by atoms with E-state index < -0.39 is 10.0 Å². The summed E-state index contributed by atoms with van der Waals surface area (Å²) in [5.41, 5.74) is 6.41. The van der Waals surface area contributed by atoms with E-state index in [0.717, 1.165) is 23.6 Å². The second kappa shape index (κ2) is 6.45. The first-order valence-corrected chi connectivity index (χ1v) is 8.73. The molecule has 0 aliphatic carbocycles. The first-order valence-electron chi connectivity index (χ1n) is 7.29. The highest BCUT2D eigenvalue weighted by Gasteiger charge is 2.24. The molecule has 0 amide bonds. The van der Waals surface area contributed by atoms with Gasteiger partial charge in [0.2, 0.25) is 10.0 Å². The highest BCUT2D eigenvalue weighted by Crippen LogP contribution is 2.27. The van der Waals surface area contributed by atoms with Crippen LogP contribution in [0.1, 0.15) is 26.7 Å². The number of unbranched alkanes of at least 4 members (excludes halogenated alkanes) is 1. The van der Waals surface area contributed by atoms with Crippen LogP contribution in [0.2, 0.25) is 0 Å². The highest BCUT2D eigenvalue weighted by atomic mass is 32.2. The maximum Gasteiger partial charge on any atom is 0.243 e. The molecule has 2 N–H and O–H groups in total. The molecule has 114 valence electrons. The maximum atomic E-state index is 12.9. The molecule has 2 aromatic rings. The molecule has 5 heteroatoms. The lowest BCUT2D eigenvalue weighted by molar-refractivity contribution is 0.419. The number of sulfonamides is 1. The van der Waals surface area contributed by atoms with Crippen LogP contribution in [0.25, 0.3) is 10.8 Å². The molecule has 0 heterocycles. The van der Waals surface area contributed by atoms with Crippen molar-refractivity contribution in [2.75, 3.05) is 18.8 Å². The van der Waals surface area contributed by atoms with Gasteiger partial charge < -0.3 is 5.73 Å². The third-order valence-electron chi connectivity index (χ3n) is 3.60. The van der Waals surface area contributed by atoms with Crippen LogP contribution in [0.3, 0.4) is 0 Å². The van der Waals surface area contributed by atoms with E-state index in [1.807, 2.05) is 13.0 Å². The van der Waals surface area contributed by atoms with Gasteiger partial charge in [-0.2, -0.15) is 4.31 Å². The van der Waals surface area contributed by atoms with E-state index in [1.54, 1.807) is 34.6 Å². The van der Waals surface area contributed by atoms with E-state index in [0.29, 0.717) is 23.7 Å². The van der Waals surface area contributed by atoms with Crippen LogP contribution in [0.4, 0.5) is 5.69 Å². The third-order valence-corrected chi connectivity index (χ3v) is 5.63. The zero-order valence-electron chi connectivity index (χ0n) is 12.5. The van der Waals surface area contributed by atoms with Gasteiger partial charge in [-0.3, -0.25) is 0 Å². The molecule has 0 fully saturated rings. The fourth-order valence-electron chi connectivity index (χ4n) is 2.42. The molecule has 0 unspecified atom stereocenters. The predicted octanol–water partition coefficient (Wildman–Crippen LogP) is 3.23. The monoisotopic (exact) mass is 306 g/mol. The van der Waals surface area contributed by atoms with Crippen LogP contribution in [-0.2, 0) is 10.0 Å². The van der Waals surface area contributed by atoms with Gasteiger partial charge in [-0.25, -0.2) is 8.42 Å². The molecule has 0 bridgehead atoms. The minimum atomic E-state index is -3.47. The number of benzene rings is 2. The van der Waals surface area contributed by atoms with Crippen LogP contribution in [-0.4, -0.2) is 25.8 Å². The van der Waals surface area contributed by atoms with E-state index in [-0.39, 0.29) is 0 Å². The van der Waals surface area contributed by atoms with Gasteiger partial charge in [0.1, 0.15) is 0 Å². The summed E-state index contributed by atoms with van der Waals surface area (Å²) in [4.78, 5) is 0.359. The Kier molecular flexibility index (Phi) is 4.85. The first kappa shape index (κ1) is 15.8. The number of nitrogens with zero attached hydrogens (tertiary/aromatic N) is 1.